The predicted octanol–water partition coefficient (Wildman–Crippen LogP) is 0.526. The van der Waals surface area contributed by atoms with Crippen molar-refractivity contribution in [3.63, 3.8) is 0 Å². The van der Waals surface area contributed by atoms with Gasteiger partial charge in [0.2, 0.25) is 5.91 Å². The average Bonchev–Trinajstić information content (AvgIpc) is 2.51. The third-order valence-corrected chi connectivity index (χ3v) is 3.74. The molecule has 0 fully saturated rings. The molecule has 3 rings (SSSR count). The van der Waals surface area contributed by atoms with Crippen LogP contribution in [0.5, 0.6) is 0 Å². The molecule has 1 aliphatic heterocycles. The van der Waals surface area contributed by atoms with E-state index in [-0.39, 0.29) is 19.4 Å². The van der Waals surface area contributed by atoms with E-state index in [2.05, 4.69) is 10.3 Å². The SMILES string of the molecule is CCOC(=O)CC[C@H]1C(=O)Nc2cccc3[nH]c(=O)c(=O)n1c23. The molecular formula is C15H15N3O5. The first-order valence-corrected chi connectivity index (χ1v) is 7.27. The van der Waals surface area contributed by atoms with E-state index < -0.39 is 29.0 Å². The van der Waals surface area contributed by atoms with Crippen molar-refractivity contribution < 1.29 is 14.3 Å². The van der Waals surface area contributed by atoms with Gasteiger partial charge in [0, 0.05) is 6.42 Å². The molecule has 0 unspecified atom stereocenters. The number of aromatic amines is 1. The number of amides is 1. The molecule has 8 nitrogen and oxygen atoms in total. The van der Waals surface area contributed by atoms with E-state index in [0.717, 1.165) is 0 Å². The highest BCUT2D eigenvalue weighted by atomic mass is 16.5. The number of carbonyl (C=O) groups excluding carboxylic acids is 2. The molecule has 0 saturated carbocycles. The maximum atomic E-state index is 12.3. The maximum absolute atomic E-state index is 12.3. The van der Waals surface area contributed by atoms with Gasteiger partial charge in [-0.3, -0.25) is 23.7 Å². The first-order valence-electron chi connectivity index (χ1n) is 7.27. The highest BCUT2D eigenvalue weighted by Gasteiger charge is 2.30. The van der Waals surface area contributed by atoms with Gasteiger partial charge in [0.05, 0.1) is 23.3 Å². The van der Waals surface area contributed by atoms with Crippen LogP contribution in [0.4, 0.5) is 5.69 Å². The predicted molar refractivity (Wildman–Crippen MR) is 82.4 cm³/mol. The second-order valence-electron chi connectivity index (χ2n) is 5.18. The molecule has 0 radical (unpaired) electrons. The first-order chi connectivity index (χ1) is 11.0. The summed E-state index contributed by atoms with van der Waals surface area (Å²) in [6, 6.07) is 4.04. The van der Waals surface area contributed by atoms with Crippen LogP contribution in [0.1, 0.15) is 25.8 Å². The van der Waals surface area contributed by atoms with E-state index in [1.54, 1.807) is 25.1 Å². The Morgan fingerprint density at radius 1 is 1.30 bits per heavy atom. The molecule has 1 amide bonds. The fraction of sp³-hybridized carbons (Fsp3) is 0.333. The Labute approximate surface area is 130 Å². The summed E-state index contributed by atoms with van der Waals surface area (Å²) in [7, 11) is 0. The van der Waals surface area contributed by atoms with Gasteiger partial charge in [-0.15, -0.1) is 0 Å². The zero-order chi connectivity index (χ0) is 16.6. The minimum absolute atomic E-state index is 0.0190. The van der Waals surface area contributed by atoms with Crippen LogP contribution in [0.3, 0.4) is 0 Å². The molecule has 0 bridgehead atoms. The largest absolute Gasteiger partial charge is 0.466 e. The molecule has 2 aromatic rings. The van der Waals surface area contributed by atoms with Gasteiger partial charge in [-0.1, -0.05) is 6.07 Å². The van der Waals surface area contributed by atoms with Crippen molar-refractivity contribution in [1.29, 1.82) is 0 Å². The Kier molecular flexibility index (Phi) is 3.73. The van der Waals surface area contributed by atoms with Crippen molar-refractivity contribution in [3.05, 3.63) is 38.9 Å². The lowest BCUT2D eigenvalue weighted by Gasteiger charge is -2.26. The van der Waals surface area contributed by atoms with E-state index >= 15 is 0 Å². The molecule has 0 aliphatic carbocycles. The topological polar surface area (TPSA) is 110 Å². The van der Waals surface area contributed by atoms with Gasteiger partial charge in [-0.25, -0.2) is 0 Å². The molecule has 1 aromatic carbocycles. The van der Waals surface area contributed by atoms with Gasteiger partial charge in [-0.05, 0) is 25.5 Å². The van der Waals surface area contributed by atoms with E-state index in [1.807, 2.05) is 0 Å². The maximum Gasteiger partial charge on any atom is 0.317 e. The number of ether oxygens (including phenoxy) is 1. The number of aromatic nitrogens is 2. The Morgan fingerprint density at radius 2 is 2.09 bits per heavy atom. The summed E-state index contributed by atoms with van der Waals surface area (Å²) in [5, 5.41) is 2.70. The van der Waals surface area contributed by atoms with Gasteiger partial charge in [0.15, 0.2) is 0 Å². The first kappa shape index (κ1) is 15.0. The van der Waals surface area contributed by atoms with Crippen LogP contribution in [0.15, 0.2) is 27.8 Å². The number of H-pyrrole nitrogens is 1. The standard InChI is InChI=1S/C15H15N3O5/c1-2-23-11(19)7-6-10-13(20)16-8-4-3-5-9-12(8)18(10)15(22)14(21)17-9/h3-5,10H,2,6-7H2,1H3,(H,16,20)(H,17,21)/t10-/m0/s1. The lowest BCUT2D eigenvalue weighted by atomic mass is 10.1. The highest BCUT2D eigenvalue weighted by molar-refractivity contribution is 6.04. The minimum atomic E-state index is -0.924. The summed E-state index contributed by atoms with van der Waals surface area (Å²) in [6.07, 6.45) is 0.0618. The fourth-order valence-corrected chi connectivity index (χ4v) is 2.77. The van der Waals surface area contributed by atoms with Crippen molar-refractivity contribution >= 4 is 28.6 Å². The summed E-state index contributed by atoms with van der Waals surface area (Å²) < 4.78 is 6.01. The van der Waals surface area contributed by atoms with Crippen LogP contribution < -0.4 is 16.4 Å². The number of para-hydroxylation sites is 1. The van der Waals surface area contributed by atoms with Crippen molar-refractivity contribution in [2.24, 2.45) is 0 Å². The number of nitrogens with one attached hydrogen (secondary N) is 2. The van der Waals surface area contributed by atoms with Gasteiger partial charge in [-0.2, -0.15) is 0 Å². The van der Waals surface area contributed by atoms with Crippen molar-refractivity contribution in [1.82, 2.24) is 9.55 Å². The summed E-state index contributed by atoms with van der Waals surface area (Å²) in [6.45, 7) is 1.93. The normalized spacial score (nSPS) is 16.2. The van der Waals surface area contributed by atoms with E-state index in [1.165, 1.54) is 4.57 Å². The summed E-state index contributed by atoms with van der Waals surface area (Å²) in [5.41, 5.74) is -0.258. The Balaban J connectivity index is 2.10. The van der Waals surface area contributed by atoms with Crippen LogP contribution in [0, 0.1) is 0 Å². The van der Waals surface area contributed by atoms with E-state index in [9.17, 15) is 19.2 Å². The van der Waals surface area contributed by atoms with Crippen LogP contribution in [-0.4, -0.2) is 28.0 Å². The van der Waals surface area contributed by atoms with Crippen LogP contribution in [-0.2, 0) is 14.3 Å². The molecule has 0 saturated heterocycles. The minimum Gasteiger partial charge on any atom is -0.466 e. The van der Waals surface area contributed by atoms with Crippen LogP contribution >= 0.6 is 0 Å². The Bertz CT molecular complexity index is 911. The number of nitrogens with zero attached hydrogens (tertiary/aromatic N) is 1. The quantitative estimate of drug-likeness (QED) is 0.631. The molecule has 0 spiro atoms. The average molecular weight is 317 g/mol. The van der Waals surface area contributed by atoms with Gasteiger partial charge in [0.25, 0.3) is 0 Å². The van der Waals surface area contributed by atoms with Crippen LogP contribution in [0.25, 0.3) is 11.0 Å². The van der Waals surface area contributed by atoms with Gasteiger partial charge < -0.3 is 15.0 Å². The molecular weight excluding hydrogens is 302 g/mol. The number of hydrogen-bond donors (Lipinski definition) is 2. The smallest absolute Gasteiger partial charge is 0.317 e. The van der Waals surface area contributed by atoms with E-state index in [4.69, 9.17) is 4.74 Å². The third-order valence-electron chi connectivity index (χ3n) is 3.74. The molecule has 2 N–H and O–H groups in total. The zero-order valence-corrected chi connectivity index (χ0v) is 12.4. The summed E-state index contributed by atoms with van der Waals surface area (Å²) in [5.74, 6) is -0.879. The Morgan fingerprint density at radius 3 is 2.83 bits per heavy atom. The Hall–Kier alpha value is -2.90. The molecule has 1 aromatic heterocycles. The molecule has 23 heavy (non-hydrogen) atoms. The fourth-order valence-electron chi connectivity index (χ4n) is 2.77. The molecule has 8 heteroatoms. The lowest BCUT2D eigenvalue weighted by molar-refractivity contribution is -0.143. The molecule has 1 atom stereocenters. The number of rotatable bonds is 4. The number of anilines is 1. The summed E-state index contributed by atoms with van der Waals surface area (Å²) >= 11 is 0. The van der Waals surface area contributed by atoms with Gasteiger partial charge in [0.1, 0.15) is 6.04 Å². The zero-order valence-electron chi connectivity index (χ0n) is 12.4. The number of carbonyl (C=O) groups is 2. The molecule has 1 aliphatic rings. The second kappa shape index (κ2) is 5.71. The molecule has 120 valence electrons. The van der Waals surface area contributed by atoms with Crippen LogP contribution in [0.2, 0.25) is 0 Å². The lowest BCUT2D eigenvalue weighted by Crippen LogP contribution is -2.44. The highest BCUT2D eigenvalue weighted by Crippen LogP contribution is 2.29. The van der Waals surface area contributed by atoms with Crippen molar-refractivity contribution in [2.45, 2.75) is 25.8 Å². The third kappa shape index (κ3) is 2.52. The number of hydrogen-bond acceptors (Lipinski definition) is 5. The molecule has 2 heterocycles. The van der Waals surface area contributed by atoms with E-state index in [0.29, 0.717) is 16.7 Å². The number of benzene rings is 1. The summed E-state index contributed by atoms with van der Waals surface area (Å²) in [4.78, 5) is 50.4. The van der Waals surface area contributed by atoms with Crippen molar-refractivity contribution in [3.8, 4) is 0 Å². The second-order valence-corrected chi connectivity index (χ2v) is 5.18. The number of esters is 1. The monoisotopic (exact) mass is 317 g/mol. The van der Waals surface area contributed by atoms with Gasteiger partial charge >= 0.3 is 17.1 Å². The van der Waals surface area contributed by atoms with Crippen molar-refractivity contribution in [2.75, 3.05) is 11.9 Å².